The van der Waals surface area contributed by atoms with Crippen molar-refractivity contribution in [2.24, 2.45) is 7.05 Å². The van der Waals surface area contributed by atoms with E-state index in [0.29, 0.717) is 5.69 Å². The topological polar surface area (TPSA) is 50.9 Å². The Morgan fingerprint density at radius 3 is 2.88 bits per heavy atom. The lowest BCUT2D eigenvalue weighted by molar-refractivity contribution is 0.204. The van der Waals surface area contributed by atoms with Crippen molar-refractivity contribution >= 4 is 11.6 Å². The van der Waals surface area contributed by atoms with Crippen molar-refractivity contribution in [3.63, 3.8) is 0 Å². The van der Waals surface area contributed by atoms with Crippen molar-refractivity contribution in [3.8, 4) is 0 Å². The lowest BCUT2D eigenvalue weighted by atomic mass is 10.1. The highest BCUT2D eigenvalue weighted by molar-refractivity contribution is 6.30. The van der Waals surface area contributed by atoms with Gasteiger partial charge in [0.2, 0.25) is 0 Å². The summed E-state index contributed by atoms with van der Waals surface area (Å²) in [5.74, 6) is -0.627. The first kappa shape index (κ1) is 11.0. The van der Waals surface area contributed by atoms with Crippen LogP contribution in [0.25, 0.3) is 0 Å². The Balaban J connectivity index is 2.46. The van der Waals surface area contributed by atoms with Gasteiger partial charge in [-0.3, -0.25) is 0 Å². The van der Waals surface area contributed by atoms with Crippen LogP contribution in [0.2, 0.25) is 5.02 Å². The van der Waals surface area contributed by atoms with Crippen LogP contribution in [0.3, 0.4) is 0 Å². The van der Waals surface area contributed by atoms with E-state index in [-0.39, 0.29) is 10.6 Å². The molecule has 0 aliphatic carbocycles. The molecule has 1 atom stereocenters. The maximum atomic E-state index is 13.6. The molecule has 0 aliphatic heterocycles. The Labute approximate surface area is 96.3 Å². The van der Waals surface area contributed by atoms with Gasteiger partial charge in [0.05, 0.1) is 16.9 Å². The van der Waals surface area contributed by atoms with Gasteiger partial charge in [-0.05, 0) is 6.07 Å². The van der Waals surface area contributed by atoms with E-state index in [1.165, 1.54) is 23.0 Å². The number of aromatic nitrogens is 3. The van der Waals surface area contributed by atoms with Gasteiger partial charge in [0.25, 0.3) is 0 Å². The van der Waals surface area contributed by atoms with E-state index >= 15 is 0 Å². The average Bonchev–Trinajstić information content (AvgIpc) is 2.68. The van der Waals surface area contributed by atoms with Gasteiger partial charge in [0, 0.05) is 12.6 Å². The first-order valence-corrected chi connectivity index (χ1v) is 4.95. The van der Waals surface area contributed by atoms with E-state index in [1.54, 1.807) is 13.1 Å². The fraction of sp³-hybridized carbons (Fsp3) is 0.200. The second-order valence-electron chi connectivity index (χ2n) is 3.33. The van der Waals surface area contributed by atoms with Crippen molar-refractivity contribution in [2.75, 3.05) is 0 Å². The van der Waals surface area contributed by atoms with E-state index in [2.05, 4.69) is 10.3 Å². The predicted octanol–water partition coefficient (Wildman–Crippen LogP) is 1.69. The third kappa shape index (κ3) is 1.79. The molecule has 2 rings (SSSR count). The number of hydrogen-bond donors (Lipinski definition) is 1. The van der Waals surface area contributed by atoms with Crippen LogP contribution in [0.15, 0.2) is 24.4 Å². The van der Waals surface area contributed by atoms with E-state index < -0.39 is 11.9 Å². The lowest BCUT2D eigenvalue weighted by Gasteiger charge is -2.11. The van der Waals surface area contributed by atoms with E-state index in [9.17, 15) is 9.50 Å². The quantitative estimate of drug-likeness (QED) is 0.871. The smallest absolute Gasteiger partial charge is 0.147 e. The van der Waals surface area contributed by atoms with Crippen LogP contribution in [0.1, 0.15) is 17.4 Å². The lowest BCUT2D eigenvalue weighted by Crippen LogP contribution is -2.08. The van der Waals surface area contributed by atoms with Crippen molar-refractivity contribution < 1.29 is 9.50 Å². The molecule has 1 N–H and O–H groups in total. The van der Waals surface area contributed by atoms with Crippen LogP contribution >= 0.6 is 11.6 Å². The number of benzene rings is 1. The summed E-state index contributed by atoms with van der Waals surface area (Å²) in [4.78, 5) is 0. The zero-order chi connectivity index (χ0) is 11.7. The highest BCUT2D eigenvalue weighted by atomic mass is 35.5. The van der Waals surface area contributed by atoms with Crippen LogP contribution in [-0.4, -0.2) is 20.1 Å². The fourth-order valence-corrected chi connectivity index (χ4v) is 1.62. The van der Waals surface area contributed by atoms with Crippen molar-refractivity contribution in [1.82, 2.24) is 15.0 Å². The van der Waals surface area contributed by atoms with Crippen LogP contribution in [-0.2, 0) is 7.05 Å². The normalized spacial score (nSPS) is 12.8. The summed E-state index contributed by atoms with van der Waals surface area (Å²) < 4.78 is 15.0. The predicted molar refractivity (Wildman–Crippen MR) is 56.5 cm³/mol. The van der Waals surface area contributed by atoms with E-state index in [1.807, 2.05) is 0 Å². The van der Waals surface area contributed by atoms with Gasteiger partial charge < -0.3 is 5.11 Å². The molecule has 1 heterocycles. The van der Waals surface area contributed by atoms with Crippen molar-refractivity contribution in [2.45, 2.75) is 6.10 Å². The van der Waals surface area contributed by atoms with Crippen LogP contribution in [0.4, 0.5) is 4.39 Å². The third-order valence-electron chi connectivity index (χ3n) is 2.31. The highest BCUT2D eigenvalue weighted by Crippen LogP contribution is 2.27. The Kier molecular flexibility index (Phi) is 2.89. The molecule has 0 radical (unpaired) electrons. The molecule has 1 aromatic heterocycles. The van der Waals surface area contributed by atoms with Crippen LogP contribution in [0, 0.1) is 5.82 Å². The number of hydrogen-bond acceptors (Lipinski definition) is 3. The number of rotatable bonds is 2. The van der Waals surface area contributed by atoms with Gasteiger partial charge in [-0.2, -0.15) is 0 Å². The molecule has 6 heteroatoms. The molecule has 0 saturated heterocycles. The molecule has 0 bridgehead atoms. The van der Waals surface area contributed by atoms with Gasteiger partial charge >= 0.3 is 0 Å². The van der Waals surface area contributed by atoms with Crippen LogP contribution in [0.5, 0.6) is 0 Å². The standard InChI is InChI=1S/C10H9ClFN3O/c1-15-8(5-13-14-15)10(16)6-3-2-4-7(11)9(6)12/h2-5,10,16H,1H3. The summed E-state index contributed by atoms with van der Waals surface area (Å²) >= 11 is 5.63. The zero-order valence-corrected chi connectivity index (χ0v) is 9.19. The molecular weight excluding hydrogens is 233 g/mol. The number of aliphatic hydroxyl groups is 1. The minimum Gasteiger partial charge on any atom is -0.382 e. The molecule has 0 amide bonds. The molecule has 84 valence electrons. The molecule has 16 heavy (non-hydrogen) atoms. The Morgan fingerprint density at radius 2 is 2.25 bits per heavy atom. The van der Waals surface area contributed by atoms with Gasteiger partial charge in [-0.25, -0.2) is 9.07 Å². The minimum absolute atomic E-state index is 0.0216. The molecule has 0 aliphatic rings. The second-order valence-corrected chi connectivity index (χ2v) is 3.74. The fourth-order valence-electron chi connectivity index (χ4n) is 1.44. The highest BCUT2D eigenvalue weighted by Gasteiger charge is 2.19. The summed E-state index contributed by atoms with van der Waals surface area (Å²) in [6.45, 7) is 0. The number of aryl methyl sites for hydroxylation is 1. The molecule has 4 nitrogen and oxygen atoms in total. The third-order valence-corrected chi connectivity index (χ3v) is 2.60. The summed E-state index contributed by atoms with van der Waals surface area (Å²) in [5.41, 5.74) is 0.513. The summed E-state index contributed by atoms with van der Waals surface area (Å²) in [5, 5.41) is 17.2. The molecule has 2 aromatic rings. The molecule has 1 unspecified atom stereocenters. The van der Waals surface area contributed by atoms with Gasteiger partial charge in [-0.15, -0.1) is 5.10 Å². The molecule has 1 aromatic carbocycles. The Hall–Kier alpha value is -1.46. The van der Waals surface area contributed by atoms with Crippen molar-refractivity contribution in [1.29, 1.82) is 0 Å². The maximum absolute atomic E-state index is 13.6. The SMILES string of the molecule is Cn1nncc1C(O)c1cccc(Cl)c1F. The number of aliphatic hydroxyl groups excluding tert-OH is 1. The first-order valence-electron chi connectivity index (χ1n) is 4.58. The summed E-state index contributed by atoms with van der Waals surface area (Å²) in [6, 6.07) is 4.47. The minimum atomic E-state index is -1.13. The largest absolute Gasteiger partial charge is 0.382 e. The van der Waals surface area contributed by atoms with E-state index in [0.717, 1.165) is 0 Å². The zero-order valence-electron chi connectivity index (χ0n) is 8.43. The van der Waals surface area contributed by atoms with Gasteiger partial charge in [-0.1, -0.05) is 28.9 Å². The van der Waals surface area contributed by atoms with Gasteiger partial charge in [0.1, 0.15) is 11.9 Å². The molecule has 0 spiro atoms. The Morgan fingerprint density at radius 1 is 1.50 bits per heavy atom. The monoisotopic (exact) mass is 241 g/mol. The van der Waals surface area contributed by atoms with Gasteiger partial charge in [0.15, 0.2) is 0 Å². The maximum Gasteiger partial charge on any atom is 0.147 e. The summed E-state index contributed by atoms with van der Waals surface area (Å²) in [7, 11) is 1.62. The summed E-state index contributed by atoms with van der Waals surface area (Å²) in [6.07, 6.45) is 0.254. The average molecular weight is 242 g/mol. The second kappa shape index (κ2) is 4.19. The first-order chi connectivity index (χ1) is 7.61. The number of nitrogens with zero attached hydrogens (tertiary/aromatic N) is 3. The van der Waals surface area contributed by atoms with E-state index in [4.69, 9.17) is 11.6 Å². The molecule has 0 saturated carbocycles. The Bertz CT molecular complexity index is 515. The van der Waals surface area contributed by atoms with Crippen LogP contribution < -0.4 is 0 Å². The van der Waals surface area contributed by atoms with Crippen molar-refractivity contribution in [3.05, 3.63) is 46.5 Å². The molecule has 0 fully saturated rings. The molecular formula is C10H9ClFN3O. The number of halogens is 2.